The van der Waals surface area contributed by atoms with E-state index in [1.54, 1.807) is 10.7 Å². The summed E-state index contributed by atoms with van der Waals surface area (Å²) < 4.78 is 9.42. The maximum absolute atomic E-state index is 12.0. The van der Waals surface area contributed by atoms with E-state index in [4.69, 9.17) is 16.3 Å². The molecule has 0 aliphatic carbocycles. The number of fused-ring (bicyclic) bond motifs is 1. The maximum Gasteiger partial charge on any atom is 0.325 e. The summed E-state index contributed by atoms with van der Waals surface area (Å²) in [7, 11) is 0. The Morgan fingerprint density at radius 2 is 2.00 bits per heavy atom. The van der Waals surface area contributed by atoms with E-state index in [-0.39, 0.29) is 11.0 Å². The van der Waals surface area contributed by atoms with Gasteiger partial charge in [0, 0.05) is 19.2 Å². The lowest BCUT2D eigenvalue weighted by molar-refractivity contribution is 0.242. The van der Waals surface area contributed by atoms with Crippen LogP contribution in [0.1, 0.15) is 26.7 Å². The van der Waals surface area contributed by atoms with Crippen molar-refractivity contribution in [1.82, 2.24) is 9.36 Å². The van der Waals surface area contributed by atoms with Crippen molar-refractivity contribution >= 4 is 28.6 Å². The number of benzene rings is 1. The Bertz CT molecular complexity index is 804. The number of rotatable bonds is 3. The van der Waals surface area contributed by atoms with E-state index >= 15 is 0 Å². The first kappa shape index (κ1) is 15.4. The average Bonchev–Trinajstić information content (AvgIpc) is 2.79. The highest BCUT2D eigenvalue weighted by Crippen LogP contribution is 2.29. The van der Waals surface area contributed by atoms with Gasteiger partial charge in [-0.1, -0.05) is 11.6 Å². The molecule has 1 aromatic carbocycles. The van der Waals surface area contributed by atoms with Crippen LogP contribution < -0.4 is 14.4 Å². The van der Waals surface area contributed by atoms with Crippen LogP contribution in [0.3, 0.4) is 0 Å². The van der Waals surface area contributed by atoms with Gasteiger partial charge in [-0.25, -0.2) is 9.67 Å². The van der Waals surface area contributed by atoms with Gasteiger partial charge in [0.25, 0.3) is 0 Å². The topological polar surface area (TPSA) is 48.5 Å². The van der Waals surface area contributed by atoms with Crippen molar-refractivity contribution in [3.05, 3.63) is 37.7 Å². The first-order valence-electron chi connectivity index (χ1n) is 7.36. The van der Waals surface area contributed by atoms with Gasteiger partial charge in [-0.05, 0) is 50.2 Å². The highest BCUT2D eigenvalue weighted by atomic mass is 35.5. The predicted octanol–water partition coefficient (Wildman–Crippen LogP) is 3.18. The van der Waals surface area contributed by atoms with Gasteiger partial charge < -0.3 is 4.74 Å². The molecular weight excluding hydrogens is 322 g/mol. The molecule has 2 aromatic rings. The van der Waals surface area contributed by atoms with Crippen molar-refractivity contribution in [3.63, 3.8) is 0 Å². The van der Waals surface area contributed by atoms with Crippen LogP contribution in [-0.4, -0.2) is 15.5 Å². The fourth-order valence-corrected chi connectivity index (χ4v) is 3.49. The molecule has 0 saturated carbocycles. The van der Waals surface area contributed by atoms with Crippen LogP contribution in [0.5, 0.6) is 5.75 Å². The van der Waals surface area contributed by atoms with Gasteiger partial charge in [0.05, 0.1) is 16.8 Å². The van der Waals surface area contributed by atoms with Crippen LogP contribution >= 0.6 is 22.9 Å². The minimum Gasteiger partial charge on any atom is -0.489 e. The van der Waals surface area contributed by atoms with E-state index in [9.17, 15) is 4.79 Å². The molecule has 0 atom stereocenters. The average molecular weight is 340 g/mol. The molecule has 0 unspecified atom stereocenters. The molecule has 3 rings (SSSR count). The number of halogens is 1. The summed E-state index contributed by atoms with van der Waals surface area (Å²) in [5.74, 6) is 0.614. The first-order chi connectivity index (χ1) is 10.5. The Morgan fingerprint density at radius 3 is 2.73 bits per heavy atom. The SMILES string of the molecule is CC(C)Oc1cc(/N=c2\sc(=O)n3n2CCCC3)ccc1Cl. The van der Waals surface area contributed by atoms with Crippen molar-refractivity contribution in [3.8, 4) is 5.75 Å². The second kappa shape index (κ2) is 6.30. The molecule has 0 N–H and O–H groups in total. The van der Waals surface area contributed by atoms with Gasteiger partial charge in [-0.3, -0.25) is 9.48 Å². The number of hydrogen-bond donors (Lipinski definition) is 0. The molecule has 1 aromatic heterocycles. The Morgan fingerprint density at radius 1 is 1.27 bits per heavy atom. The van der Waals surface area contributed by atoms with Crippen LogP contribution in [0, 0.1) is 0 Å². The minimum atomic E-state index is 0.0421. The third-order valence-electron chi connectivity index (χ3n) is 3.39. The summed E-state index contributed by atoms with van der Waals surface area (Å²) in [6, 6.07) is 5.42. The molecule has 22 heavy (non-hydrogen) atoms. The van der Waals surface area contributed by atoms with E-state index < -0.39 is 0 Å². The lowest BCUT2D eigenvalue weighted by Gasteiger charge is -2.15. The Balaban J connectivity index is 2.04. The Kier molecular flexibility index (Phi) is 4.40. The molecule has 118 valence electrons. The van der Waals surface area contributed by atoms with Gasteiger partial charge in [0.2, 0.25) is 4.80 Å². The normalized spacial score (nSPS) is 15.2. The molecule has 5 nitrogen and oxygen atoms in total. The van der Waals surface area contributed by atoms with Crippen molar-refractivity contribution in [2.24, 2.45) is 4.99 Å². The van der Waals surface area contributed by atoms with Crippen LogP contribution in [0.15, 0.2) is 28.0 Å². The molecule has 0 amide bonds. The lowest BCUT2D eigenvalue weighted by Crippen LogP contribution is -2.31. The summed E-state index contributed by atoms with van der Waals surface area (Å²) in [6.07, 6.45) is 2.16. The molecule has 1 aliphatic rings. The standard InChI is InChI=1S/C15H18ClN3O2S/c1-10(2)21-13-9-11(5-6-12(13)16)17-14-18-7-3-4-8-19(18)15(20)22-14/h5-6,9-10H,3-4,7-8H2,1-2H3/b17-14-. The maximum atomic E-state index is 12.0. The van der Waals surface area contributed by atoms with E-state index in [0.717, 1.165) is 36.4 Å². The van der Waals surface area contributed by atoms with Crippen LogP contribution in [0.25, 0.3) is 0 Å². The van der Waals surface area contributed by atoms with E-state index in [1.165, 1.54) is 11.3 Å². The highest BCUT2D eigenvalue weighted by Gasteiger charge is 2.13. The minimum absolute atomic E-state index is 0.0421. The molecule has 0 saturated heterocycles. The van der Waals surface area contributed by atoms with Gasteiger partial charge in [-0.2, -0.15) is 0 Å². The fourth-order valence-electron chi connectivity index (χ4n) is 2.43. The van der Waals surface area contributed by atoms with Crippen LogP contribution in [-0.2, 0) is 13.1 Å². The smallest absolute Gasteiger partial charge is 0.325 e. The van der Waals surface area contributed by atoms with Crippen molar-refractivity contribution in [2.45, 2.75) is 45.9 Å². The third-order valence-corrected chi connectivity index (χ3v) is 4.58. The largest absolute Gasteiger partial charge is 0.489 e. The van der Waals surface area contributed by atoms with E-state index in [2.05, 4.69) is 4.99 Å². The quantitative estimate of drug-likeness (QED) is 0.862. The number of hydrogen-bond acceptors (Lipinski definition) is 4. The van der Waals surface area contributed by atoms with Crippen molar-refractivity contribution in [1.29, 1.82) is 0 Å². The summed E-state index contributed by atoms with van der Waals surface area (Å²) in [5.41, 5.74) is 0.739. The molecule has 0 radical (unpaired) electrons. The van der Waals surface area contributed by atoms with E-state index in [1.807, 2.05) is 30.7 Å². The van der Waals surface area contributed by atoms with Gasteiger partial charge in [-0.15, -0.1) is 0 Å². The van der Waals surface area contributed by atoms with Gasteiger partial charge in [0.1, 0.15) is 5.75 Å². The zero-order valence-electron chi connectivity index (χ0n) is 12.6. The van der Waals surface area contributed by atoms with Crippen LogP contribution in [0.4, 0.5) is 5.69 Å². The summed E-state index contributed by atoms with van der Waals surface area (Å²) >= 11 is 7.32. The van der Waals surface area contributed by atoms with Crippen molar-refractivity contribution < 1.29 is 4.74 Å². The van der Waals surface area contributed by atoms with Crippen LogP contribution in [0.2, 0.25) is 5.02 Å². The first-order valence-corrected chi connectivity index (χ1v) is 8.56. The summed E-state index contributed by atoms with van der Waals surface area (Å²) in [4.78, 5) is 17.4. The molecule has 2 heterocycles. The third kappa shape index (κ3) is 3.13. The van der Waals surface area contributed by atoms with Gasteiger partial charge in [0.15, 0.2) is 0 Å². The molecular formula is C15H18ClN3O2S. The van der Waals surface area contributed by atoms with E-state index in [0.29, 0.717) is 10.8 Å². The zero-order chi connectivity index (χ0) is 15.7. The number of aromatic nitrogens is 2. The second-order valence-electron chi connectivity index (χ2n) is 5.50. The Labute approximate surface area is 137 Å². The highest BCUT2D eigenvalue weighted by molar-refractivity contribution is 7.06. The second-order valence-corrected chi connectivity index (χ2v) is 6.82. The summed E-state index contributed by atoms with van der Waals surface area (Å²) in [6.45, 7) is 5.51. The van der Waals surface area contributed by atoms with Crippen molar-refractivity contribution in [2.75, 3.05) is 0 Å². The summed E-state index contributed by atoms with van der Waals surface area (Å²) in [5, 5.41) is 0.562. The molecule has 0 spiro atoms. The number of nitrogens with zero attached hydrogens (tertiary/aromatic N) is 3. The monoisotopic (exact) mass is 339 g/mol. The zero-order valence-corrected chi connectivity index (χ0v) is 14.2. The number of ether oxygens (including phenoxy) is 1. The molecule has 0 bridgehead atoms. The fraction of sp³-hybridized carbons (Fsp3) is 0.467. The van der Waals surface area contributed by atoms with Gasteiger partial charge >= 0.3 is 4.87 Å². The lowest BCUT2D eigenvalue weighted by atomic mass is 10.3. The molecule has 1 aliphatic heterocycles. The predicted molar refractivity (Wildman–Crippen MR) is 88.2 cm³/mol. The molecule has 0 fully saturated rings. The Hall–Kier alpha value is -1.53. The molecule has 7 heteroatoms.